The van der Waals surface area contributed by atoms with Crippen LogP contribution >= 0.6 is 0 Å². The molecule has 2 aromatic carbocycles. The molecule has 2 aromatic rings. The highest BCUT2D eigenvalue weighted by Gasteiger charge is 2.39. The molecule has 3 rings (SSSR count). The van der Waals surface area contributed by atoms with E-state index in [-0.39, 0.29) is 24.1 Å². The summed E-state index contributed by atoms with van der Waals surface area (Å²) in [5, 5.41) is 3.17. The van der Waals surface area contributed by atoms with Crippen LogP contribution in [0.5, 0.6) is 5.75 Å². The van der Waals surface area contributed by atoms with E-state index in [2.05, 4.69) is 30.6 Å². The summed E-state index contributed by atoms with van der Waals surface area (Å²) in [6, 6.07) is 15.0. The normalized spacial score (nSPS) is 13.6. The molecule has 0 aromatic heterocycles. The van der Waals surface area contributed by atoms with Crippen LogP contribution in [0.3, 0.4) is 0 Å². The third-order valence-corrected chi connectivity index (χ3v) is 5.12. The lowest BCUT2D eigenvalue weighted by Gasteiger charge is -2.21. The molecule has 1 aliphatic heterocycles. The van der Waals surface area contributed by atoms with Crippen LogP contribution in [0.2, 0.25) is 0 Å². The number of methoxy groups -OCH3 is 1. The minimum absolute atomic E-state index is 0.141. The number of imide groups is 1. The van der Waals surface area contributed by atoms with E-state index >= 15 is 0 Å². The van der Waals surface area contributed by atoms with Crippen LogP contribution in [0.25, 0.3) is 5.57 Å². The van der Waals surface area contributed by atoms with E-state index in [4.69, 9.17) is 4.74 Å². The van der Waals surface area contributed by atoms with Crippen molar-refractivity contribution in [2.45, 2.75) is 13.8 Å². The average molecular weight is 405 g/mol. The Morgan fingerprint density at radius 2 is 1.70 bits per heavy atom. The van der Waals surface area contributed by atoms with Gasteiger partial charge in [-0.1, -0.05) is 24.3 Å². The molecule has 0 saturated carbocycles. The van der Waals surface area contributed by atoms with Gasteiger partial charge in [-0.25, -0.2) is 0 Å². The Bertz CT molecular complexity index is 975. The van der Waals surface area contributed by atoms with E-state index in [1.165, 1.54) is 11.0 Å². The Morgan fingerprint density at radius 1 is 1.03 bits per heavy atom. The maximum absolute atomic E-state index is 13.1. The Balaban J connectivity index is 2.03. The highest BCUT2D eigenvalue weighted by molar-refractivity contribution is 6.37. The molecule has 0 spiro atoms. The zero-order valence-electron chi connectivity index (χ0n) is 17.6. The Morgan fingerprint density at radius 3 is 2.30 bits per heavy atom. The molecule has 6 nitrogen and oxygen atoms in total. The van der Waals surface area contributed by atoms with Gasteiger partial charge in [0.15, 0.2) is 0 Å². The molecule has 6 heteroatoms. The van der Waals surface area contributed by atoms with Crippen molar-refractivity contribution >= 4 is 28.8 Å². The minimum Gasteiger partial charge on any atom is -0.496 e. The minimum atomic E-state index is -0.381. The number of hydrogen-bond acceptors (Lipinski definition) is 5. The van der Waals surface area contributed by atoms with Crippen molar-refractivity contribution in [3.63, 3.8) is 0 Å². The smallest absolute Gasteiger partial charge is 0.278 e. The second kappa shape index (κ2) is 9.31. The fraction of sp³-hybridized carbons (Fsp3) is 0.250. The van der Waals surface area contributed by atoms with Crippen molar-refractivity contribution in [3.05, 3.63) is 72.4 Å². The topological polar surface area (TPSA) is 61.9 Å². The summed E-state index contributed by atoms with van der Waals surface area (Å²) in [4.78, 5) is 29.6. The summed E-state index contributed by atoms with van der Waals surface area (Å²) < 4.78 is 5.43. The number of para-hydroxylation sites is 1. The molecule has 156 valence electrons. The van der Waals surface area contributed by atoms with E-state index in [9.17, 15) is 9.59 Å². The number of rotatable bonds is 9. The first-order chi connectivity index (χ1) is 14.5. The first-order valence-electron chi connectivity index (χ1n) is 10.0. The first kappa shape index (κ1) is 21.2. The van der Waals surface area contributed by atoms with Crippen LogP contribution in [-0.4, -0.2) is 43.5 Å². The number of ether oxygens (including phenoxy) is 1. The maximum atomic E-state index is 13.1. The molecule has 0 atom stereocenters. The van der Waals surface area contributed by atoms with Crippen LogP contribution in [0.15, 0.2) is 66.9 Å². The van der Waals surface area contributed by atoms with E-state index in [1.54, 1.807) is 19.2 Å². The summed E-state index contributed by atoms with van der Waals surface area (Å²) in [5.41, 5.74) is 2.95. The van der Waals surface area contributed by atoms with Gasteiger partial charge in [0.2, 0.25) is 0 Å². The number of anilines is 2. The number of carbonyl (C=O) groups excluding carboxylic acids is 2. The number of amides is 2. The SMILES string of the molecule is C=CCN1C(=O)C(Nc2ccc(N(CC)CC)cc2)=C(c2ccccc2OC)C1=O. The van der Waals surface area contributed by atoms with Gasteiger partial charge in [0.25, 0.3) is 11.8 Å². The number of benzene rings is 2. The number of carbonyl (C=O) groups is 2. The van der Waals surface area contributed by atoms with Gasteiger partial charge in [0, 0.05) is 36.6 Å². The largest absolute Gasteiger partial charge is 0.496 e. The molecule has 1 N–H and O–H groups in total. The van der Waals surface area contributed by atoms with Crippen molar-refractivity contribution in [1.82, 2.24) is 4.90 Å². The zero-order valence-corrected chi connectivity index (χ0v) is 17.6. The Hall–Kier alpha value is -3.54. The van der Waals surface area contributed by atoms with E-state index in [0.717, 1.165) is 24.5 Å². The molecule has 1 aliphatic rings. The average Bonchev–Trinajstić information content (AvgIpc) is 3.00. The van der Waals surface area contributed by atoms with Crippen LogP contribution < -0.4 is 15.0 Å². The fourth-order valence-electron chi connectivity index (χ4n) is 3.58. The molecule has 30 heavy (non-hydrogen) atoms. The van der Waals surface area contributed by atoms with Crippen molar-refractivity contribution in [2.24, 2.45) is 0 Å². The molecule has 2 amide bonds. The lowest BCUT2D eigenvalue weighted by Crippen LogP contribution is -2.32. The van der Waals surface area contributed by atoms with Crippen molar-refractivity contribution in [2.75, 3.05) is 37.0 Å². The van der Waals surface area contributed by atoms with Crippen molar-refractivity contribution in [1.29, 1.82) is 0 Å². The molecular formula is C24H27N3O3. The standard InChI is InChI=1S/C24H27N3O3/c1-5-16-27-23(28)21(19-10-8-9-11-20(19)30-4)22(24(27)29)25-17-12-14-18(15-13-17)26(6-2)7-3/h5,8-15,25H,1,6-7,16H2,2-4H3. The van der Waals surface area contributed by atoms with Gasteiger partial charge in [-0.2, -0.15) is 0 Å². The predicted molar refractivity (Wildman–Crippen MR) is 120 cm³/mol. The van der Waals surface area contributed by atoms with Gasteiger partial charge in [-0.3, -0.25) is 14.5 Å². The van der Waals surface area contributed by atoms with Crippen molar-refractivity contribution < 1.29 is 14.3 Å². The Kier molecular flexibility index (Phi) is 6.57. The van der Waals surface area contributed by atoms with Crippen molar-refractivity contribution in [3.8, 4) is 5.75 Å². The second-order valence-corrected chi connectivity index (χ2v) is 6.80. The molecule has 0 fully saturated rings. The summed E-state index contributed by atoms with van der Waals surface area (Å²) in [6.45, 7) is 9.84. The van der Waals surface area contributed by atoms with E-state index in [1.807, 2.05) is 36.4 Å². The molecule has 0 bridgehead atoms. The van der Waals surface area contributed by atoms with E-state index in [0.29, 0.717) is 16.9 Å². The van der Waals surface area contributed by atoms with E-state index < -0.39 is 0 Å². The summed E-state index contributed by atoms with van der Waals surface area (Å²) in [6.07, 6.45) is 1.54. The van der Waals surface area contributed by atoms with Gasteiger partial charge in [0.1, 0.15) is 11.4 Å². The third-order valence-electron chi connectivity index (χ3n) is 5.12. The maximum Gasteiger partial charge on any atom is 0.278 e. The highest BCUT2D eigenvalue weighted by atomic mass is 16.5. The predicted octanol–water partition coefficient (Wildman–Crippen LogP) is 3.92. The van der Waals surface area contributed by atoms with Gasteiger partial charge in [0.05, 0.1) is 12.7 Å². The molecule has 0 saturated heterocycles. The summed E-state index contributed by atoms with van der Waals surface area (Å²) in [5.74, 6) is -0.217. The van der Waals surface area contributed by atoms with Crippen LogP contribution in [0.4, 0.5) is 11.4 Å². The third kappa shape index (κ3) is 3.94. The van der Waals surface area contributed by atoms with Crippen LogP contribution in [0, 0.1) is 0 Å². The fourth-order valence-corrected chi connectivity index (χ4v) is 3.58. The number of nitrogens with zero attached hydrogens (tertiary/aromatic N) is 2. The van der Waals surface area contributed by atoms with Gasteiger partial charge >= 0.3 is 0 Å². The zero-order chi connectivity index (χ0) is 21.7. The second-order valence-electron chi connectivity index (χ2n) is 6.80. The molecule has 0 unspecified atom stereocenters. The first-order valence-corrected chi connectivity index (χ1v) is 10.0. The van der Waals surface area contributed by atoms with Gasteiger partial charge in [-0.05, 0) is 44.2 Å². The number of hydrogen-bond donors (Lipinski definition) is 1. The molecule has 0 aliphatic carbocycles. The molecule has 0 radical (unpaired) electrons. The molecular weight excluding hydrogens is 378 g/mol. The lowest BCUT2D eigenvalue weighted by atomic mass is 10.0. The number of nitrogens with one attached hydrogen (secondary N) is 1. The quantitative estimate of drug-likeness (QED) is 0.506. The van der Waals surface area contributed by atoms with Gasteiger partial charge < -0.3 is 15.0 Å². The van der Waals surface area contributed by atoms with Gasteiger partial charge in [-0.15, -0.1) is 6.58 Å². The van der Waals surface area contributed by atoms with Crippen LogP contribution in [-0.2, 0) is 9.59 Å². The Labute approximate surface area is 177 Å². The lowest BCUT2D eigenvalue weighted by molar-refractivity contribution is -0.136. The van der Waals surface area contributed by atoms with Crippen LogP contribution in [0.1, 0.15) is 19.4 Å². The summed E-state index contributed by atoms with van der Waals surface area (Å²) >= 11 is 0. The monoisotopic (exact) mass is 405 g/mol. The highest BCUT2D eigenvalue weighted by Crippen LogP contribution is 2.35. The summed E-state index contributed by atoms with van der Waals surface area (Å²) in [7, 11) is 1.54. The molecule has 1 heterocycles.